The van der Waals surface area contributed by atoms with Gasteiger partial charge < -0.3 is 0 Å². The Hall–Kier alpha value is -3.52. The van der Waals surface area contributed by atoms with Crippen LogP contribution in [0.1, 0.15) is 61.0 Å². The summed E-state index contributed by atoms with van der Waals surface area (Å²) >= 11 is 0. The van der Waals surface area contributed by atoms with E-state index >= 15 is 0 Å². The van der Waals surface area contributed by atoms with E-state index in [1.165, 1.54) is 12.0 Å². The molecular formula is C26H18F6N2. The van der Waals surface area contributed by atoms with Crippen molar-refractivity contribution in [3.8, 4) is 23.7 Å². The van der Waals surface area contributed by atoms with Crippen LogP contribution in [-0.4, -0.2) is 16.1 Å². The largest absolute Gasteiger partial charge is 0.458 e. The fourth-order valence-electron chi connectivity index (χ4n) is 4.07. The first-order valence-corrected chi connectivity index (χ1v) is 10.7. The van der Waals surface area contributed by atoms with E-state index in [1.807, 2.05) is 0 Å². The van der Waals surface area contributed by atoms with Gasteiger partial charge in [0, 0.05) is 23.9 Å². The molecule has 2 aromatic carbocycles. The molecule has 4 rings (SSSR count). The van der Waals surface area contributed by atoms with Crippen molar-refractivity contribution in [3.05, 3.63) is 70.6 Å². The standard InChI is InChI=1S/C26H18F6N2/c1-15-2-5-17(6-3-15)19-13-33-23(34-14-19)7-4-16-10-18-12-21(27)20(8-9-26(30,31)32)25(29)24(18)22(28)11-16/h10-15,17H,2-3,5-6H2,1H3. The molecule has 1 aliphatic rings. The lowest BCUT2D eigenvalue weighted by Gasteiger charge is -2.25. The molecule has 0 unspecified atom stereocenters. The molecule has 1 saturated carbocycles. The first-order valence-electron chi connectivity index (χ1n) is 10.7. The highest BCUT2D eigenvalue weighted by Crippen LogP contribution is 2.34. The third kappa shape index (κ3) is 5.34. The Bertz CT molecular complexity index is 1350. The summed E-state index contributed by atoms with van der Waals surface area (Å²) in [6.45, 7) is 2.24. The van der Waals surface area contributed by atoms with Crippen LogP contribution in [0.2, 0.25) is 0 Å². The fourth-order valence-corrected chi connectivity index (χ4v) is 4.07. The summed E-state index contributed by atoms with van der Waals surface area (Å²) in [4.78, 5) is 8.49. The summed E-state index contributed by atoms with van der Waals surface area (Å²) in [5.41, 5.74) is -0.0000749. The normalized spacial score (nSPS) is 18.1. The minimum Gasteiger partial charge on any atom is -0.229 e. The van der Waals surface area contributed by atoms with Gasteiger partial charge in [-0.25, -0.2) is 23.1 Å². The lowest BCUT2D eigenvalue weighted by atomic mass is 9.80. The molecule has 0 radical (unpaired) electrons. The Morgan fingerprint density at radius 3 is 2.18 bits per heavy atom. The summed E-state index contributed by atoms with van der Waals surface area (Å²) in [6.07, 6.45) is 3.01. The summed E-state index contributed by atoms with van der Waals surface area (Å²) in [5, 5.41) is -0.861. The summed E-state index contributed by atoms with van der Waals surface area (Å²) in [5.74, 6) is 4.97. The molecule has 8 heteroatoms. The van der Waals surface area contributed by atoms with Crippen molar-refractivity contribution in [2.75, 3.05) is 0 Å². The Morgan fingerprint density at radius 2 is 1.53 bits per heavy atom. The molecule has 174 valence electrons. The SMILES string of the molecule is CC1CCC(c2cnc(C#Cc3cc(F)c4c(F)c(C#CC(F)(F)F)c(F)cc4c3)nc2)CC1. The zero-order valence-electron chi connectivity index (χ0n) is 18.0. The maximum absolute atomic E-state index is 14.6. The Balaban J connectivity index is 1.61. The van der Waals surface area contributed by atoms with Crippen molar-refractivity contribution < 1.29 is 26.3 Å². The minimum absolute atomic E-state index is 0.104. The first-order chi connectivity index (χ1) is 16.1. The van der Waals surface area contributed by atoms with Crippen LogP contribution in [0.5, 0.6) is 0 Å². The average Bonchev–Trinajstić information content (AvgIpc) is 2.77. The van der Waals surface area contributed by atoms with Crippen LogP contribution in [-0.2, 0) is 0 Å². The second kappa shape index (κ2) is 9.38. The van der Waals surface area contributed by atoms with Crippen molar-refractivity contribution in [2.45, 2.75) is 44.7 Å². The second-order valence-corrected chi connectivity index (χ2v) is 8.40. The summed E-state index contributed by atoms with van der Waals surface area (Å²) < 4.78 is 80.2. The van der Waals surface area contributed by atoms with Crippen LogP contribution >= 0.6 is 0 Å². The predicted octanol–water partition coefficient (Wildman–Crippen LogP) is 6.65. The number of rotatable bonds is 1. The van der Waals surface area contributed by atoms with Crippen LogP contribution in [0.15, 0.2) is 30.6 Å². The minimum atomic E-state index is -4.94. The Morgan fingerprint density at radius 1 is 0.853 bits per heavy atom. The van der Waals surface area contributed by atoms with E-state index < -0.39 is 34.6 Å². The molecule has 3 aromatic rings. The van der Waals surface area contributed by atoms with Crippen LogP contribution in [0.4, 0.5) is 26.3 Å². The molecule has 0 aliphatic heterocycles. The average molecular weight is 472 g/mol. The summed E-state index contributed by atoms with van der Waals surface area (Å²) in [7, 11) is 0. The van der Waals surface area contributed by atoms with Gasteiger partial charge in [0.1, 0.15) is 11.6 Å². The highest BCUT2D eigenvalue weighted by atomic mass is 19.4. The van der Waals surface area contributed by atoms with E-state index in [9.17, 15) is 26.3 Å². The van der Waals surface area contributed by atoms with Crippen molar-refractivity contribution in [2.24, 2.45) is 5.92 Å². The molecule has 34 heavy (non-hydrogen) atoms. The number of halogens is 6. The number of fused-ring (bicyclic) bond motifs is 1. The van der Waals surface area contributed by atoms with Crippen molar-refractivity contribution in [3.63, 3.8) is 0 Å². The highest BCUT2D eigenvalue weighted by Gasteiger charge is 2.24. The third-order valence-electron chi connectivity index (χ3n) is 5.89. The predicted molar refractivity (Wildman–Crippen MR) is 115 cm³/mol. The van der Waals surface area contributed by atoms with E-state index in [-0.39, 0.29) is 16.8 Å². The molecule has 0 spiro atoms. The maximum Gasteiger partial charge on any atom is 0.458 e. The number of aromatic nitrogens is 2. The topological polar surface area (TPSA) is 25.8 Å². The van der Waals surface area contributed by atoms with Gasteiger partial charge in [0.25, 0.3) is 0 Å². The van der Waals surface area contributed by atoms with Gasteiger partial charge in [0.15, 0.2) is 5.82 Å². The molecule has 1 heterocycles. The Labute approximate surface area is 192 Å². The lowest BCUT2D eigenvalue weighted by Crippen LogP contribution is -2.11. The molecular weight excluding hydrogens is 454 g/mol. The lowest BCUT2D eigenvalue weighted by molar-refractivity contribution is -0.0696. The monoisotopic (exact) mass is 472 g/mol. The molecule has 0 bridgehead atoms. The quantitative estimate of drug-likeness (QED) is 0.293. The van der Waals surface area contributed by atoms with Crippen LogP contribution in [0.25, 0.3) is 10.8 Å². The smallest absolute Gasteiger partial charge is 0.229 e. The van der Waals surface area contributed by atoms with Crippen LogP contribution in [0, 0.1) is 47.1 Å². The van der Waals surface area contributed by atoms with Crippen molar-refractivity contribution >= 4 is 10.8 Å². The number of nitrogens with zero attached hydrogens (tertiary/aromatic N) is 2. The highest BCUT2D eigenvalue weighted by molar-refractivity contribution is 5.87. The molecule has 1 aromatic heterocycles. The zero-order chi connectivity index (χ0) is 24.5. The van der Waals surface area contributed by atoms with E-state index in [0.717, 1.165) is 55.2 Å². The van der Waals surface area contributed by atoms with Gasteiger partial charge in [0.2, 0.25) is 5.82 Å². The van der Waals surface area contributed by atoms with Crippen molar-refractivity contribution in [1.82, 2.24) is 9.97 Å². The van der Waals surface area contributed by atoms with Crippen LogP contribution in [0.3, 0.4) is 0 Å². The molecule has 2 nitrogen and oxygen atoms in total. The van der Waals surface area contributed by atoms with Gasteiger partial charge in [-0.1, -0.05) is 31.6 Å². The number of alkyl halides is 3. The van der Waals surface area contributed by atoms with E-state index in [2.05, 4.69) is 28.7 Å². The molecule has 0 N–H and O–H groups in total. The number of hydrogen-bond donors (Lipinski definition) is 0. The van der Waals surface area contributed by atoms with Gasteiger partial charge in [-0.05, 0) is 59.7 Å². The van der Waals surface area contributed by atoms with Gasteiger partial charge in [-0.3, -0.25) is 0 Å². The Kier molecular flexibility index (Phi) is 6.52. The van der Waals surface area contributed by atoms with Gasteiger partial charge >= 0.3 is 6.18 Å². The summed E-state index contributed by atoms with van der Waals surface area (Å²) in [6, 6.07) is 2.87. The third-order valence-corrected chi connectivity index (χ3v) is 5.89. The fraction of sp³-hybridized carbons (Fsp3) is 0.308. The van der Waals surface area contributed by atoms with Gasteiger partial charge in [-0.15, -0.1) is 0 Å². The molecule has 0 saturated heterocycles. The number of benzene rings is 2. The zero-order valence-corrected chi connectivity index (χ0v) is 18.0. The van der Waals surface area contributed by atoms with Crippen molar-refractivity contribution in [1.29, 1.82) is 0 Å². The van der Waals surface area contributed by atoms with E-state index in [4.69, 9.17) is 0 Å². The molecule has 0 atom stereocenters. The second-order valence-electron chi connectivity index (χ2n) is 8.40. The van der Waals surface area contributed by atoms with Gasteiger partial charge in [0.05, 0.1) is 10.9 Å². The van der Waals surface area contributed by atoms with Gasteiger partial charge in [-0.2, -0.15) is 13.2 Å². The van der Waals surface area contributed by atoms with Crippen LogP contribution < -0.4 is 0 Å². The first kappa shape index (κ1) is 23.6. The van der Waals surface area contributed by atoms with E-state index in [1.54, 1.807) is 12.4 Å². The number of hydrogen-bond acceptors (Lipinski definition) is 2. The molecule has 0 amide bonds. The van der Waals surface area contributed by atoms with E-state index in [0.29, 0.717) is 5.92 Å². The molecule has 1 fully saturated rings. The maximum atomic E-state index is 14.6. The molecule has 1 aliphatic carbocycles.